The monoisotopic (exact) mass is 265 g/mol. The van der Waals surface area contributed by atoms with Crippen molar-refractivity contribution in [1.29, 1.82) is 0 Å². The summed E-state index contributed by atoms with van der Waals surface area (Å²) in [4.78, 5) is 0. The lowest BCUT2D eigenvalue weighted by Crippen LogP contribution is -2.12. The first kappa shape index (κ1) is 12.9. The van der Waals surface area contributed by atoms with E-state index in [0.29, 0.717) is 0 Å². The van der Waals surface area contributed by atoms with Gasteiger partial charge in [-0.25, -0.2) is 4.39 Å². The molecule has 2 rings (SSSR count). The highest BCUT2D eigenvalue weighted by atomic mass is 35.5. The van der Waals surface area contributed by atoms with Gasteiger partial charge in [0.05, 0.1) is 18.2 Å². The fourth-order valence-corrected chi connectivity index (χ4v) is 1.92. The van der Waals surface area contributed by atoms with Crippen LogP contribution in [-0.4, -0.2) is 7.11 Å². The fraction of sp³-hybridized carbons (Fsp3) is 0.143. The van der Waals surface area contributed by atoms with E-state index in [1.54, 1.807) is 19.2 Å². The molecule has 0 aliphatic heterocycles. The molecule has 2 aromatic carbocycles. The molecule has 1 atom stereocenters. The molecule has 0 saturated heterocycles. The molecule has 0 aromatic heterocycles. The lowest BCUT2D eigenvalue weighted by molar-refractivity contribution is 0.414. The van der Waals surface area contributed by atoms with Crippen LogP contribution in [0.1, 0.15) is 17.2 Å². The Morgan fingerprint density at radius 3 is 2.56 bits per heavy atom. The van der Waals surface area contributed by atoms with Crippen molar-refractivity contribution < 1.29 is 9.13 Å². The van der Waals surface area contributed by atoms with Crippen LogP contribution >= 0.6 is 11.6 Å². The van der Waals surface area contributed by atoms with E-state index in [2.05, 4.69) is 0 Å². The molecule has 2 aromatic rings. The van der Waals surface area contributed by atoms with Crippen LogP contribution in [-0.2, 0) is 0 Å². The van der Waals surface area contributed by atoms with Crippen molar-refractivity contribution in [3.05, 3.63) is 64.4 Å². The minimum absolute atomic E-state index is 0.0749. The van der Waals surface area contributed by atoms with Crippen molar-refractivity contribution in [2.45, 2.75) is 6.04 Å². The van der Waals surface area contributed by atoms with Gasteiger partial charge < -0.3 is 10.5 Å². The molecular weight excluding hydrogens is 253 g/mol. The van der Waals surface area contributed by atoms with Gasteiger partial charge in [0.15, 0.2) is 0 Å². The van der Waals surface area contributed by atoms with Crippen LogP contribution in [0.25, 0.3) is 0 Å². The van der Waals surface area contributed by atoms with Crippen molar-refractivity contribution >= 4 is 11.6 Å². The summed E-state index contributed by atoms with van der Waals surface area (Å²) in [5.74, 6) is 0.286. The summed E-state index contributed by atoms with van der Waals surface area (Å²) in [5, 5.41) is 0.0749. The van der Waals surface area contributed by atoms with Gasteiger partial charge >= 0.3 is 0 Å². The van der Waals surface area contributed by atoms with Crippen LogP contribution in [0.5, 0.6) is 5.75 Å². The molecule has 0 amide bonds. The smallest absolute Gasteiger partial charge is 0.141 e. The predicted molar refractivity (Wildman–Crippen MR) is 70.4 cm³/mol. The van der Waals surface area contributed by atoms with E-state index in [1.165, 1.54) is 6.07 Å². The van der Waals surface area contributed by atoms with Gasteiger partial charge in [0.2, 0.25) is 0 Å². The summed E-state index contributed by atoms with van der Waals surface area (Å²) < 4.78 is 18.2. The highest BCUT2D eigenvalue weighted by Crippen LogP contribution is 2.26. The maximum absolute atomic E-state index is 13.1. The second-order valence-corrected chi connectivity index (χ2v) is 4.34. The molecule has 1 unspecified atom stereocenters. The molecule has 0 radical (unpaired) electrons. The molecule has 0 saturated carbocycles. The predicted octanol–water partition coefficient (Wildman–Crippen LogP) is 3.54. The van der Waals surface area contributed by atoms with Crippen LogP contribution in [0.4, 0.5) is 4.39 Å². The van der Waals surface area contributed by atoms with Crippen LogP contribution in [0, 0.1) is 5.82 Å². The molecular formula is C14H13ClFNO. The van der Waals surface area contributed by atoms with Crippen LogP contribution in [0.15, 0.2) is 42.5 Å². The normalized spacial score (nSPS) is 12.2. The van der Waals surface area contributed by atoms with E-state index in [1.807, 2.05) is 24.3 Å². The van der Waals surface area contributed by atoms with E-state index < -0.39 is 5.82 Å². The van der Waals surface area contributed by atoms with Crippen molar-refractivity contribution in [1.82, 2.24) is 0 Å². The van der Waals surface area contributed by atoms with Gasteiger partial charge in [0.1, 0.15) is 11.6 Å². The second-order valence-electron chi connectivity index (χ2n) is 3.93. The summed E-state index contributed by atoms with van der Waals surface area (Å²) in [6.07, 6.45) is 0. The average molecular weight is 266 g/mol. The number of ether oxygens (including phenoxy) is 1. The Morgan fingerprint density at radius 1 is 1.17 bits per heavy atom. The summed E-state index contributed by atoms with van der Waals surface area (Å²) in [5.41, 5.74) is 7.77. The third-order valence-electron chi connectivity index (χ3n) is 2.76. The van der Waals surface area contributed by atoms with Crippen molar-refractivity contribution in [2.75, 3.05) is 7.11 Å². The van der Waals surface area contributed by atoms with Crippen molar-refractivity contribution in [3.63, 3.8) is 0 Å². The van der Waals surface area contributed by atoms with Gasteiger partial charge in [-0.05, 0) is 35.4 Å². The van der Waals surface area contributed by atoms with Crippen LogP contribution in [0.3, 0.4) is 0 Å². The van der Waals surface area contributed by atoms with Crippen LogP contribution in [0.2, 0.25) is 5.02 Å². The van der Waals surface area contributed by atoms with E-state index in [4.69, 9.17) is 22.1 Å². The standard InChI is InChI=1S/C14H13ClFNO/c1-18-11-4-2-3-9(7-11)14(17)10-5-6-13(16)12(15)8-10/h2-8,14H,17H2,1H3. The summed E-state index contributed by atoms with van der Waals surface area (Å²) in [6.45, 7) is 0. The van der Waals surface area contributed by atoms with Gasteiger partial charge in [-0.2, -0.15) is 0 Å². The molecule has 0 spiro atoms. The second kappa shape index (κ2) is 5.38. The maximum Gasteiger partial charge on any atom is 0.141 e. The van der Waals surface area contributed by atoms with Gasteiger partial charge in [-0.1, -0.05) is 29.8 Å². The number of nitrogens with two attached hydrogens (primary N) is 1. The molecule has 0 aliphatic rings. The lowest BCUT2D eigenvalue weighted by Gasteiger charge is -2.14. The van der Waals surface area contributed by atoms with Crippen LogP contribution < -0.4 is 10.5 Å². The Kier molecular flexibility index (Phi) is 3.84. The third kappa shape index (κ3) is 2.63. The number of hydrogen-bond donors (Lipinski definition) is 1. The first-order valence-corrected chi connectivity index (χ1v) is 5.84. The van der Waals surface area contributed by atoms with Gasteiger partial charge in [0, 0.05) is 0 Å². The minimum atomic E-state index is -0.446. The molecule has 2 nitrogen and oxygen atoms in total. The molecule has 4 heteroatoms. The zero-order valence-corrected chi connectivity index (χ0v) is 10.6. The minimum Gasteiger partial charge on any atom is -0.497 e. The first-order chi connectivity index (χ1) is 8.61. The quantitative estimate of drug-likeness (QED) is 0.921. The van der Waals surface area contributed by atoms with Gasteiger partial charge in [-0.3, -0.25) is 0 Å². The third-order valence-corrected chi connectivity index (χ3v) is 3.05. The number of methoxy groups -OCH3 is 1. The lowest BCUT2D eigenvalue weighted by atomic mass is 9.99. The Bertz CT molecular complexity index is 559. The Morgan fingerprint density at radius 2 is 1.89 bits per heavy atom. The molecule has 94 valence electrons. The summed E-state index contributed by atoms with van der Waals surface area (Å²) in [7, 11) is 1.60. The molecule has 0 heterocycles. The number of hydrogen-bond acceptors (Lipinski definition) is 2. The molecule has 0 aliphatic carbocycles. The van der Waals surface area contributed by atoms with E-state index in [0.717, 1.165) is 16.9 Å². The number of halogens is 2. The topological polar surface area (TPSA) is 35.2 Å². The zero-order valence-electron chi connectivity index (χ0n) is 9.86. The maximum atomic E-state index is 13.1. The van der Waals surface area contributed by atoms with E-state index in [9.17, 15) is 4.39 Å². The summed E-state index contributed by atoms with van der Waals surface area (Å²) >= 11 is 5.75. The fourth-order valence-electron chi connectivity index (χ4n) is 1.73. The molecule has 0 fully saturated rings. The zero-order chi connectivity index (χ0) is 13.1. The highest BCUT2D eigenvalue weighted by molar-refractivity contribution is 6.30. The SMILES string of the molecule is COc1cccc(C(N)c2ccc(F)c(Cl)c2)c1. The number of rotatable bonds is 3. The Labute approximate surface area is 110 Å². The highest BCUT2D eigenvalue weighted by Gasteiger charge is 2.11. The molecule has 0 bridgehead atoms. The van der Waals surface area contributed by atoms with E-state index in [-0.39, 0.29) is 11.1 Å². The van der Waals surface area contributed by atoms with Gasteiger partial charge in [-0.15, -0.1) is 0 Å². The summed E-state index contributed by atoms with van der Waals surface area (Å²) in [6, 6.07) is 11.6. The largest absolute Gasteiger partial charge is 0.497 e. The van der Waals surface area contributed by atoms with E-state index >= 15 is 0 Å². The number of benzene rings is 2. The average Bonchev–Trinajstić information content (AvgIpc) is 2.41. The molecule has 2 N–H and O–H groups in total. The van der Waals surface area contributed by atoms with Crippen molar-refractivity contribution in [3.8, 4) is 5.75 Å². The van der Waals surface area contributed by atoms with Gasteiger partial charge in [0.25, 0.3) is 0 Å². The Hall–Kier alpha value is -1.58. The Balaban J connectivity index is 2.34. The molecule has 18 heavy (non-hydrogen) atoms. The van der Waals surface area contributed by atoms with Crippen molar-refractivity contribution in [2.24, 2.45) is 5.73 Å². The first-order valence-electron chi connectivity index (χ1n) is 5.46.